The van der Waals surface area contributed by atoms with E-state index in [1.807, 2.05) is 12.5 Å². The van der Waals surface area contributed by atoms with Crippen LogP contribution in [0, 0.1) is 17.8 Å². The van der Waals surface area contributed by atoms with Gasteiger partial charge in [-0.25, -0.2) is 17.7 Å². The third-order valence-corrected chi connectivity index (χ3v) is 7.16. The lowest BCUT2D eigenvalue weighted by Crippen LogP contribution is -2.58. The maximum absolute atomic E-state index is 11.8. The molecule has 2 saturated heterocycles. The summed E-state index contributed by atoms with van der Waals surface area (Å²) in [6, 6.07) is 8.87. The molecular weight excluding hydrogens is 310 g/mol. The minimum absolute atomic E-state index is 0.314. The lowest BCUT2D eigenvalue weighted by molar-refractivity contribution is -0.0302. The molecule has 1 saturated carbocycles. The summed E-state index contributed by atoms with van der Waals surface area (Å²) in [4.78, 5) is 4.34. The number of benzene rings is 1. The van der Waals surface area contributed by atoms with Gasteiger partial charge < -0.3 is 4.57 Å². The molecule has 4 aliphatic rings. The number of nitrogens with zero attached hydrogens (tertiary/aromatic N) is 3. The highest BCUT2D eigenvalue weighted by molar-refractivity contribution is 7.88. The lowest BCUT2D eigenvalue weighted by atomic mass is 9.58. The van der Waals surface area contributed by atoms with Gasteiger partial charge in [0.15, 0.2) is 0 Å². The summed E-state index contributed by atoms with van der Waals surface area (Å²) in [5.41, 5.74) is 3.84. The summed E-state index contributed by atoms with van der Waals surface area (Å²) < 4.78 is 27.7. The second kappa shape index (κ2) is 4.45. The predicted octanol–water partition coefficient (Wildman–Crippen LogP) is 1.98. The molecule has 1 aromatic carbocycles. The summed E-state index contributed by atoms with van der Waals surface area (Å²) in [6.45, 7) is 1.34. The Bertz CT molecular complexity index is 877. The second-order valence-corrected chi connectivity index (χ2v) is 9.11. The van der Waals surface area contributed by atoms with E-state index in [1.165, 1.54) is 23.1 Å². The Hall–Kier alpha value is -1.66. The van der Waals surface area contributed by atoms with Gasteiger partial charge in [0.2, 0.25) is 10.0 Å². The fourth-order valence-electron chi connectivity index (χ4n) is 4.93. The van der Waals surface area contributed by atoms with E-state index in [1.54, 1.807) is 4.31 Å². The van der Waals surface area contributed by atoms with E-state index >= 15 is 0 Å². The van der Waals surface area contributed by atoms with Gasteiger partial charge >= 0.3 is 0 Å². The van der Waals surface area contributed by atoms with Crippen LogP contribution in [0.4, 0.5) is 0 Å². The molecule has 0 spiro atoms. The first-order chi connectivity index (χ1) is 11.0. The molecule has 0 radical (unpaired) electrons. The van der Waals surface area contributed by atoms with Gasteiger partial charge in [-0.1, -0.05) is 24.3 Å². The van der Waals surface area contributed by atoms with Crippen LogP contribution < -0.4 is 0 Å². The van der Waals surface area contributed by atoms with Gasteiger partial charge in [0.05, 0.1) is 30.5 Å². The van der Waals surface area contributed by atoms with E-state index in [0.29, 0.717) is 36.9 Å². The fourth-order valence-corrected chi connectivity index (χ4v) is 5.86. The van der Waals surface area contributed by atoms with E-state index in [2.05, 4.69) is 33.8 Å². The maximum Gasteiger partial charge on any atom is 0.211 e. The van der Waals surface area contributed by atoms with Crippen molar-refractivity contribution in [2.75, 3.05) is 19.3 Å². The van der Waals surface area contributed by atoms with Gasteiger partial charge in [0, 0.05) is 18.7 Å². The first-order valence-electron chi connectivity index (χ1n) is 8.10. The highest BCUT2D eigenvalue weighted by Crippen LogP contribution is 2.56. The largest absolute Gasteiger partial charge is 0.323 e. The van der Waals surface area contributed by atoms with Crippen LogP contribution in [-0.4, -0.2) is 41.6 Å². The van der Waals surface area contributed by atoms with Crippen molar-refractivity contribution in [1.29, 1.82) is 0 Å². The monoisotopic (exact) mass is 329 g/mol. The van der Waals surface area contributed by atoms with Crippen LogP contribution in [0.15, 0.2) is 36.8 Å². The van der Waals surface area contributed by atoms with Crippen LogP contribution in [0.25, 0.3) is 11.3 Å². The summed E-state index contributed by atoms with van der Waals surface area (Å²) in [5.74, 6) is 1.43. The van der Waals surface area contributed by atoms with Crippen molar-refractivity contribution in [3.05, 3.63) is 42.4 Å². The molecule has 0 amide bonds. The van der Waals surface area contributed by atoms with Crippen molar-refractivity contribution >= 4 is 10.0 Å². The van der Waals surface area contributed by atoms with E-state index in [0.717, 1.165) is 6.42 Å². The Kier molecular flexibility index (Phi) is 2.66. The average Bonchev–Trinajstić information content (AvgIpc) is 3.10. The first kappa shape index (κ1) is 13.7. The Morgan fingerprint density at radius 3 is 2.65 bits per heavy atom. The van der Waals surface area contributed by atoms with Gasteiger partial charge in [0.1, 0.15) is 0 Å². The van der Waals surface area contributed by atoms with E-state index in [9.17, 15) is 8.42 Å². The van der Waals surface area contributed by atoms with Gasteiger partial charge in [-0.2, -0.15) is 0 Å². The van der Waals surface area contributed by atoms with E-state index < -0.39 is 10.0 Å². The molecule has 23 heavy (non-hydrogen) atoms. The molecule has 6 heteroatoms. The van der Waals surface area contributed by atoms with Crippen molar-refractivity contribution in [3.8, 4) is 11.3 Å². The molecule has 0 N–H and O–H groups in total. The minimum Gasteiger partial charge on any atom is -0.323 e. The number of sulfonamides is 1. The first-order valence-corrected chi connectivity index (χ1v) is 9.95. The number of piperidine rings is 2. The van der Waals surface area contributed by atoms with Crippen molar-refractivity contribution in [2.24, 2.45) is 17.8 Å². The number of aromatic nitrogens is 2. The molecule has 1 aromatic heterocycles. The van der Waals surface area contributed by atoms with Gasteiger partial charge in [-0.05, 0) is 29.7 Å². The summed E-state index contributed by atoms with van der Waals surface area (Å²) in [6.07, 6.45) is 6.35. The lowest BCUT2D eigenvalue weighted by Gasteiger charge is -2.55. The summed E-state index contributed by atoms with van der Waals surface area (Å²) in [7, 11) is -3.07. The summed E-state index contributed by atoms with van der Waals surface area (Å²) in [5, 5.41) is 0. The number of imidazole rings is 1. The Morgan fingerprint density at radius 1 is 1.17 bits per heavy atom. The second-order valence-electron chi connectivity index (χ2n) is 7.13. The molecule has 1 aliphatic carbocycles. The molecule has 2 bridgehead atoms. The fraction of sp³-hybridized carbons (Fsp3) is 0.471. The van der Waals surface area contributed by atoms with Crippen molar-refractivity contribution < 1.29 is 8.42 Å². The Morgan fingerprint density at radius 2 is 1.91 bits per heavy atom. The molecule has 3 fully saturated rings. The number of fused-ring (bicyclic) bond motifs is 5. The van der Waals surface area contributed by atoms with Crippen LogP contribution >= 0.6 is 0 Å². The predicted molar refractivity (Wildman–Crippen MR) is 87.3 cm³/mol. The molecule has 2 aromatic rings. The molecular formula is C17H19N3O2S. The zero-order valence-electron chi connectivity index (χ0n) is 13.0. The van der Waals surface area contributed by atoms with Crippen molar-refractivity contribution in [3.63, 3.8) is 0 Å². The molecule has 5 nitrogen and oxygen atoms in total. The average molecular weight is 329 g/mol. The van der Waals surface area contributed by atoms with Crippen LogP contribution in [-0.2, 0) is 10.0 Å². The minimum atomic E-state index is -3.07. The third-order valence-electron chi connectivity index (χ3n) is 5.93. The van der Waals surface area contributed by atoms with Crippen molar-refractivity contribution in [1.82, 2.24) is 13.9 Å². The van der Waals surface area contributed by atoms with Crippen LogP contribution in [0.2, 0.25) is 0 Å². The molecule has 3 unspecified atom stereocenters. The van der Waals surface area contributed by atoms with Gasteiger partial charge in [-0.15, -0.1) is 0 Å². The quantitative estimate of drug-likeness (QED) is 0.846. The molecule has 3 atom stereocenters. The SMILES string of the molecule is CS(=O)(=O)N1CC2CC(C1)C2C1c2ccccc2-c2cncn21. The zero-order valence-corrected chi connectivity index (χ0v) is 13.8. The number of hydrogen-bond donors (Lipinski definition) is 0. The van der Waals surface area contributed by atoms with Crippen LogP contribution in [0.5, 0.6) is 0 Å². The highest BCUT2D eigenvalue weighted by Gasteiger charge is 2.53. The van der Waals surface area contributed by atoms with E-state index in [4.69, 9.17) is 0 Å². The normalized spacial score (nSPS) is 32.2. The highest BCUT2D eigenvalue weighted by atomic mass is 32.2. The Balaban J connectivity index is 1.53. The molecule has 4 heterocycles. The summed E-state index contributed by atoms with van der Waals surface area (Å²) >= 11 is 0. The smallest absolute Gasteiger partial charge is 0.211 e. The van der Waals surface area contributed by atoms with Crippen molar-refractivity contribution in [2.45, 2.75) is 12.5 Å². The molecule has 6 rings (SSSR count). The molecule has 120 valence electrons. The maximum atomic E-state index is 11.8. The van der Waals surface area contributed by atoms with E-state index in [-0.39, 0.29) is 0 Å². The van der Waals surface area contributed by atoms with Gasteiger partial charge in [-0.3, -0.25) is 0 Å². The number of hydrogen-bond acceptors (Lipinski definition) is 3. The standard InChI is InChI=1S/C17H19N3O2S/c1-23(21,22)19-8-11-6-12(9-19)16(11)17-14-5-3-2-4-13(14)15-7-18-10-20(15)17/h2-5,7,10-12,16-17H,6,8-9H2,1H3. The molecule has 3 aliphatic heterocycles. The number of rotatable bonds is 2. The Labute approximate surface area is 136 Å². The topological polar surface area (TPSA) is 55.2 Å². The van der Waals surface area contributed by atoms with Gasteiger partial charge in [0.25, 0.3) is 0 Å². The third kappa shape index (κ3) is 1.82. The van der Waals surface area contributed by atoms with Crippen LogP contribution in [0.3, 0.4) is 0 Å². The van der Waals surface area contributed by atoms with Crippen LogP contribution in [0.1, 0.15) is 18.0 Å². The zero-order chi connectivity index (χ0) is 15.8.